The molecule has 1 aromatic rings. The average molecular weight is 267 g/mol. The summed E-state index contributed by atoms with van der Waals surface area (Å²) in [4.78, 5) is 12.0. The lowest BCUT2D eigenvalue weighted by Gasteiger charge is -2.30. The van der Waals surface area contributed by atoms with Gasteiger partial charge in [-0.15, -0.1) is 0 Å². The van der Waals surface area contributed by atoms with Gasteiger partial charge in [0.05, 0.1) is 5.56 Å². The number of nitrogens with one attached hydrogen (secondary N) is 1. The van der Waals surface area contributed by atoms with Crippen LogP contribution in [0.2, 0.25) is 0 Å². The molecule has 1 aliphatic rings. The Bertz CT molecular complexity index is 464. The quantitative estimate of drug-likeness (QED) is 0.782. The Balaban J connectivity index is 2.07. The van der Waals surface area contributed by atoms with Crippen LogP contribution < -0.4 is 5.32 Å². The zero-order chi connectivity index (χ0) is 13.8. The number of phenolic OH excluding ortho intramolecular Hbond substituents is 1. The van der Waals surface area contributed by atoms with E-state index in [2.05, 4.69) is 5.32 Å². The second-order valence-corrected chi connectivity index (χ2v) is 4.97. The summed E-state index contributed by atoms with van der Waals surface area (Å²) in [5.41, 5.74) is 0.0589. The Hall–Kier alpha value is -1.62. The molecule has 19 heavy (non-hydrogen) atoms. The molecule has 104 valence electrons. The zero-order valence-electron chi connectivity index (χ0n) is 10.6. The van der Waals surface area contributed by atoms with Gasteiger partial charge in [-0.05, 0) is 25.0 Å². The molecule has 1 aliphatic carbocycles. The van der Waals surface area contributed by atoms with E-state index in [1.807, 2.05) is 0 Å². The molecule has 3 N–H and O–H groups in total. The fraction of sp³-hybridized carbons (Fsp3) is 0.500. The molecule has 5 heteroatoms. The summed E-state index contributed by atoms with van der Waals surface area (Å²) < 4.78 is 12.9. The van der Waals surface area contributed by atoms with Crippen molar-refractivity contribution in [2.24, 2.45) is 5.92 Å². The molecule has 1 fully saturated rings. The van der Waals surface area contributed by atoms with Gasteiger partial charge in [0.15, 0.2) is 0 Å². The van der Waals surface area contributed by atoms with Crippen molar-refractivity contribution in [3.8, 4) is 5.75 Å². The number of carbonyl (C=O) groups is 1. The van der Waals surface area contributed by atoms with E-state index in [9.17, 15) is 19.4 Å². The number of hydrogen-bond donors (Lipinski definition) is 3. The fourth-order valence-corrected chi connectivity index (χ4v) is 2.56. The third kappa shape index (κ3) is 3.23. The minimum atomic E-state index is -0.583. The highest BCUT2D eigenvalue weighted by Gasteiger charge is 2.26. The Labute approximate surface area is 111 Å². The van der Waals surface area contributed by atoms with Gasteiger partial charge in [0.1, 0.15) is 11.6 Å². The molecule has 4 nitrogen and oxygen atoms in total. The van der Waals surface area contributed by atoms with Crippen LogP contribution in [0.4, 0.5) is 4.39 Å². The number of aromatic hydroxyl groups is 1. The lowest BCUT2D eigenvalue weighted by atomic mass is 9.85. The third-order valence-corrected chi connectivity index (χ3v) is 3.66. The SMILES string of the molecule is O=C(NC1CCCCC1CO)c1ccc(F)cc1O. The van der Waals surface area contributed by atoms with Crippen molar-refractivity contribution in [2.75, 3.05) is 6.61 Å². The first-order valence-electron chi connectivity index (χ1n) is 6.52. The van der Waals surface area contributed by atoms with Crippen molar-refractivity contribution in [2.45, 2.75) is 31.7 Å². The van der Waals surface area contributed by atoms with Gasteiger partial charge in [0.25, 0.3) is 5.91 Å². The third-order valence-electron chi connectivity index (χ3n) is 3.66. The van der Waals surface area contributed by atoms with Crippen molar-refractivity contribution >= 4 is 5.91 Å². The summed E-state index contributed by atoms with van der Waals surface area (Å²) in [5, 5.41) is 21.7. The van der Waals surface area contributed by atoms with E-state index in [-0.39, 0.29) is 29.9 Å². The summed E-state index contributed by atoms with van der Waals surface area (Å²) >= 11 is 0. The molecule has 0 saturated heterocycles. The molecule has 2 rings (SSSR count). The molecule has 0 aromatic heterocycles. The fourth-order valence-electron chi connectivity index (χ4n) is 2.56. The Kier molecular flexibility index (Phi) is 4.37. The second-order valence-electron chi connectivity index (χ2n) is 4.97. The summed E-state index contributed by atoms with van der Waals surface area (Å²) in [6.07, 6.45) is 3.77. The van der Waals surface area contributed by atoms with Crippen LogP contribution in [0.1, 0.15) is 36.0 Å². The Morgan fingerprint density at radius 3 is 2.79 bits per heavy atom. The molecule has 1 saturated carbocycles. The monoisotopic (exact) mass is 267 g/mol. The van der Waals surface area contributed by atoms with E-state index in [1.54, 1.807) is 0 Å². The largest absolute Gasteiger partial charge is 0.507 e. The number of phenols is 1. The van der Waals surface area contributed by atoms with Crippen LogP contribution in [0.15, 0.2) is 18.2 Å². The van der Waals surface area contributed by atoms with Gasteiger partial charge in [0, 0.05) is 24.6 Å². The highest BCUT2D eigenvalue weighted by atomic mass is 19.1. The van der Waals surface area contributed by atoms with Crippen LogP contribution in [-0.2, 0) is 0 Å². The summed E-state index contributed by atoms with van der Waals surface area (Å²) in [6, 6.07) is 3.23. The van der Waals surface area contributed by atoms with E-state index in [4.69, 9.17) is 0 Å². The topological polar surface area (TPSA) is 69.6 Å². The van der Waals surface area contributed by atoms with E-state index in [0.29, 0.717) is 0 Å². The van der Waals surface area contributed by atoms with E-state index >= 15 is 0 Å². The molecule has 0 aliphatic heterocycles. The maximum absolute atomic E-state index is 12.9. The normalized spacial score (nSPS) is 23.1. The molecule has 0 spiro atoms. The molecule has 2 atom stereocenters. The molecule has 2 unspecified atom stereocenters. The van der Waals surface area contributed by atoms with Gasteiger partial charge in [-0.3, -0.25) is 4.79 Å². The maximum atomic E-state index is 12.9. The highest BCUT2D eigenvalue weighted by Crippen LogP contribution is 2.25. The van der Waals surface area contributed by atoms with Crippen LogP contribution in [0, 0.1) is 11.7 Å². The van der Waals surface area contributed by atoms with Crippen molar-refractivity contribution in [3.05, 3.63) is 29.6 Å². The first-order valence-corrected chi connectivity index (χ1v) is 6.52. The number of aliphatic hydroxyl groups excluding tert-OH is 1. The molecular formula is C14H18FNO3. The number of amides is 1. The number of benzene rings is 1. The van der Waals surface area contributed by atoms with Crippen molar-refractivity contribution in [1.29, 1.82) is 0 Å². The first kappa shape index (κ1) is 13.8. The number of carbonyl (C=O) groups excluding carboxylic acids is 1. The van der Waals surface area contributed by atoms with Gasteiger partial charge >= 0.3 is 0 Å². The van der Waals surface area contributed by atoms with E-state index < -0.39 is 11.7 Å². The van der Waals surface area contributed by atoms with E-state index in [1.165, 1.54) is 6.07 Å². The number of rotatable bonds is 3. The molecule has 1 aromatic carbocycles. The van der Waals surface area contributed by atoms with Gasteiger partial charge in [-0.25, -0.2) is 4.39 Å². The standard InChI is InChI=1S/C14H18FNO3/c15-10-5-6-11(13(18)7-10)14(19)16-12-4-2-1-3-9(12)8-17/h5-7,9,12,17-18H,1-4,8H2,(H,16,19). The average Bonchev–Trinajstić information content (AvgIpc) is 2.39. The lowest BCUT2D eigenvalue weighted by Crippen LogP contribution is -2.43. The van der Waals surface area contributed by atoms with Gasteiger partial charge in [-0.2, -0.15) is 0 Å². The van der Waals surface area contributed by atoms with Gasteiger partial charge < -0.3 is 15.5 Å². The molecule has 0 radical (unpaired) electrons. The second kappa shape index (κ2) is 6.02. The predicted molar refractivity (Wildman–Crippen MR) is 68.4 cm³/mol. The van der Waals surface area contributed by atoms with Crippen molar-refractivity contribution < 1.29 is 19.4 Å². The summed E-state index contributed by atoms with van der Waals surface area (Å²) in [5.74, 6) is -1.32. The Morgan fingerprint density at radius 2 is 2.11 bits per heavy atom. The minimum absolute atomic E-state index is 0.0420. The van der Waals surface area contributed by atoms with Crippen LogP contribution in [0.5, 0.6) is 5.75 Å². The molecular weight excluding hydrogens is 249 g/mol. The van der Waals surface area contributed by atoms with Crippen molar-refractivity contribution in [3.63, 3.8) is 0 Å². The number of hydrogen-bond acceptors (Lipinski definition) is 3. The lowest BCUT2D eigenvalue weighted by molar-refractivity contribution is 0.0870. The number of halogens is 1. The Morgan fingerprint density at radius 1 is 1.37 bits per heavy atom. The van der Waals surface area contributed by atoms with Crippen LogP contribution in [-0.4, -0.2) is 28.8 Å². The molecule has 0 bridgehead atoms. The van der Waals surface area contributed by atoms with Crippen LogP contribution in [0.25, 0.3) is 0 Å². The van der Waals surface area contributed by atoms with Gasteiger partial charge in [-0.1, -0.05) is 12.8 Å². The maximum Gasteiger partial charge on any atom is 0.255 e. The van der Waals surface area contributed by atoms with Crippen LogP contribution >= 0.6 is 0 Å². The van der Waals surface area contributed by atoms with Crippen molar-refractivity contribution in [1.82, 2.24) is 5.32 Å². The van der Waals surface area contributed by atoms with E-state index in [0.717, 1.165) is 37.8 Å². The molecule has 1 amide bonds. The summed E-state index contributed by atoms with van der Waals surface area (Å²) in [6.45, 7) is 0.0420. The number of aliphatic hydroxyl groups is 1. The smallest absolute Gasteiger partial charge is 0.255 e. The zero-order valence-corrected chi connectivity index (χ0v) is 10.6. The van der Waals surface area contributed by atoms with Crippen LogP contribution in [0.3, 0.4) is 0 Å². The van der Waals surface area contributed by atoms with Gasteiger partial charge in [0.2, 0.25) is 0 Å². The summed E-state index contributed by atoms with van der Waals surface area (Å²) in [7, 11) is 0. The predicted octanol–water partition coefficient (Wildman–Crippen LogP) is 1.81. The molecule has 0 heterocycles. The first-order chi connectivity index (χ1) is 9.11. The highest BCUT2D eigenvalue weighted by molar-refractivity contribution is 5.96. The minimum Gasteiger partial charge on any atom is -0.507 e.